The van der Waals surface area contributed by atoms with Crippen molar-refractivity contribution in [3.63, 3.8) is 0 Å². The van der Waals surface area contributed by atoms with Gasteiger partial charge in [0.2, 0.25) is 0 Å². The zero-order chi connectivity index (χ0) is 14.5. The third-order valence-electron chi connectivity index (χ3n) is 3.89. The Hall–Kier alpha value is -1.82. The van der Waals surface area contributed by atoms with Gasteiger partial charge in [-0.1, -0.05) is 6.42 Å². The number of ether oxygens (including phenoxy) is 1. The van der Waals surface area contributed by atoms with Crippen molar-refractivity contribution in [3.05, 3.63) is 28.3 Å². The van der Waals surface area contributed by atoms with Crippen molar-refractivity contribution in [2.75, 3.05) is 19.0 Å². The van der Waals surface area contributed by atoms with Crippen LogP contribution in [0.2, 0.25) is 0 Å². The molecule has 0 spiro atoms. The molecule has 110 valence electrons. The molecule has 1 fully saturated rings. The fraction of sp³-hybridized carbons (Fsp3) is 0.571. The summed E-state index contributed by atoms with van der Waals surface area (Å²) in [4.78, 5) is 10.4. The molecule has 0 bridgehead atoms. The van der Waals surface area contributed by atoms with Gasteiger partial charge < -0.3 is 15.2 Å². The van der Waals surface area contributed by atoms with Crippen LogP contribution in [0.4, 0.5) is 11.4 Å². The smallest absolute Gasteiger partial charge is 0.311 e. The van der Waals surface area contributed by atoms with Crippen LogP contribution in [0, 0.1) is 16.0 Å². The van der Waals surface area contributed by atoms with E-state index in [1.54, 1.807) is 12.1 Å². The molecule has 6 heteroatoms. The first-order valence-corrected chi connectivity index (χ1v) is 6.85. The van der Waals surface area contributed by atoms with Crippen LogP contribution in [0.5, 0.6) is 5.75 Å². The molecule has 20 heavy (non-hydrogen) atoms. The van der Waals surface area contributed by atoms with Crippen LogP contribution in [-0.4, -0.2) is 29.8 Å². The van der Waals surface area contributed by atoms with Gasteiger partial charge in [0.15, 0.2) is 5.75 Å². The highest BCUT2D eigenvalue weighted by Gasteiger charge is 2.27. The first-order chi connectivity index (χ1) is 9.65. The number of methoxy groups -OCH3 is 1. The lowest BCUT2D eigenvalue weighted by Crippen LogP contribution is -2.24. The van der Waals surface area contributed by atoms with Crippen molar-refractivity contribution < 1.29 is 14.8 Å². The predicted octanol–water partition coefficient (Wildman–Crippen LogP) is 2.57. The van der Waals surface area contributed by atoms with Crippen LogP contribution in [0.25, 0.3) is 0 Å². The Morgan fingerprint density at radius 1 is 1.50 bits per heavy atom. The predicted molar refractivity (Wildman–Crippen MR) is 76.1 cm³/mol. The fourth-order valence-corrected chi connectivity index (χ4v) is 2.87. The molecular weight excluding hydrogens is 260 g/mol. The Labute approximate surface area is 117 Å². The van der Waals surface area contributed by atoms with Crippen molar-refractivity contribution in [2.24, 2.45) is 5.92 Å². The molecule has 2 N–H and O–H groups in total. The summed E-state index contributed by atoms with van der Waals surface area (Å²) < 4.78 is 5.06. The minimum absolute atomic E-state index is 0.0311. The number of nitro benzene ring substituents is 1. The highest BCUT2D eigenvalue weighted by molar-refractivity contribution is 5.58. The lowest BCUT2D eigenvalue weighted by atomic mass is 10.00. The molecule has 2 unspecified atom stereocenters. The third-order valence-corrected chi connectivity index (χ3v) is 3.89. The Morgan fingerprint density at radius 2 is 2.30 bits per heavy atom. The average Bonchev–Trinajstić information content (AvgIpc) is 2.86. The summed E-state index contributed by atoms with van der Waals surface area (Å²) in [6.07, 6.45) is 4.11. The maximum atomic E-state index is 10.9. The van der Waals surface area contributed by atoms with Gasteiger partial charge in [-0.2, -0.15) is 0 Å². The minimum Gasteiger partial charge on any atom is -0.490 e. The Bertz CT molecular complexity index is 478. The molecule has 1 aliphatic carbocycles. The monoisotopic (exact) mass is 280 g/mol. The molecule has 1 aliphatic rings. The molecule has 0 heterocycles. The quantitative estimate of drug-likeness (QED) is 0.618. The number of hydrogen-bond donors (Lipinski definition) is 2. The number of aliphatic hydroxyl groups is 1. The Kier molecular flexibility index (Phi) is 4.79. The first kappa shape index (κ1) is 14.6. The van der Waals surface area contributed by atoms with Crippen molar-refractivity contribution in [1.82, 2.24) is 0 Å². The standard InChI is InChI=1S/C14H20N2O4/c1-20-14-9-11(5-6-13(14)16(18)19)15-12-4-2-3-10(12)7-8-17/h5-6,9-10,12,15,17H,2-4,7-8H2,1H3. The summed E-state index contributed by atoms with van der Waals surface area (Å²) in [5.74, 6) is 0.720. The molecule has 0 aromatic heterocycles. The van der Waals surface area contributed by atoms with E-state index >= 15 is 0 Å². The van der Waals surface area contributed by atoms with Crippen LogP contribution < -0.4 is 10.1 Å². The number of nitro groups is 1. The lowest BCUT2D eigenvalue weighted by molar-refractivity contribution is -0.385. The van der Waals surface area contributed by atoms with E-state index in [0.717, 1.165) is 31.4 Å². The minimum atomic E-state index is -0.452. The third kappa shape index (κ3) is 3.19. The highest BCUT2D eigenvalue weighted by atomic mass is 16.6. The Morgan fingerprint density at radius 3 is 2.95 bits per heavy atom. The molecule has 2 atom stereocenters. The van der Waals surface area contributed by atoms with E-state index < -0.39 is 4.92 Å². The molecule has 0 saturated heterocycles. The van der Waals surface area contributed by atoms with Crippen LogP contribution in [0.1, 0.15) is 25.7 Å². The second-order valence-electron chi connectivity index (χ2n) is 5.10. The summed E-state index contributed by atoms with van der Waals surface area (Å²) in [5, 5.41) is 23.3. The largest absolute Gasteiger partial charge is 0.490 e. The van der Waals surface area contributed by atoms with Gasteiger partial charge in [-0.05, 0) is 31.2 Å². The molecule has 1 saturated carbocycles. The lowest BCUT2D eigenvalue weighted by Gasteiger charge is -2.21. The van der Waals surface area contributed by atoms with E-state index in [1.807, 2.05) is 0 Å². The molecule has 0 amide bonds. The highest BCUT2D eigenvalue weighted by Crippen LogP contribution is 2.34. The van der Waals surface area contributed by atoms with Crippen LogP contribution in [-0.2, 0) is 0 Å². The summed E-state index contributed by atoms with van der Waals surface area (Å²) in [5.41, 5.74) is 0.790. The zero-order valence-corrected chi connectivity index (χ0v) is 11.5. The number of anilines is 1. The molecule has 1 aromatic carbocycles. The van der Waals surface area contributed by atoms with E-state index in [0.29, 0.717) is 12.0 Å². The number of benzene rings is 1. The molecule has 2 rings (SSSR count). The second kappa shape index (κ2) is 6.56. The molecule has 0 radical (unpaired) electrons. The molecule has 6 nitrogen and oxygen atoms in total. The van der Waals surface area contributed by atoms with Gasteiger partial charge in [0.1, 0.15) is 0 Å². The van der Waals surface area contributed by atoms with Gasteiger partial charge >= 0.3 is 5.69 Å². The van der Waals surface area contributed by atoms with Crippen molar-refractivity contribution >= 4 is 11.4 Å². The Balaban J connectivity index is 2.11. The van der Waals surface area contributed by atoms with Crippen LogP contribution in [0.15, 0.2) is 18.2 Å². The number of rotatable bonds is 6. The summed E-state index contributed by atoms with van der Waals surface area (Å²) in [6.45, 7) is 0.201. The average molecular weight is 280 g/mol. The molecule has 1 aromatic rings. The number of nitrogens with zero attached hydrogens (tertiary/aromatic N) is 1. The van der Waals surface area contributed by atoms with E-state index in [-0.39, 0.29) is 18.0 Å². The van der Waals surface area contributed by atoms with E-state index in [1.165, 1.54) is 13.2 Å². The molecule has 0 aliphatic heterocycles. The maximum Gasteiger partial charge on any atom is 0.311 e. The number of aliphatic hydroxyl groups excluding tert-OH is 1. The van der Waals surface area contributed by atoms with Crippen molar-refractivity contribution in [2.45, 2.75) is 31.7 Å². The van der Waals surface area contributed by atoms with Crippen LogP contribution in [0.3, 0.4) is 0 Å². The van der Waals surface area contributed by atoms with E-state index in [4.69, 9.17) is 9.84 Å². The zero-order valence-electron chi connectivity index (χ0n) is 11.5. The van der Waals surface area contributed by atoms with Crippen molar-refractivity contribution in [3.8, 4) is 5.75 Å². The number of hydrogen-bond acceptors (Lipinski definition) is 5. The maximum absolute atomic E-state index is 10.9. The van der Waals surface area contributed by atoms with Crippen molar-refractivity contribution in [1.29, 1.82) is 0 Å². The number of nitrogens with one attached hydrogen (secondary N) is 1. The van der Waals surface area contributed by atoms with Crippen LogP contribution >= 0.6 is 0 Å². The van der Waals surface area contributed by atoms with E-state index in [2.05, 4.69) is 5.32 Å². The summed E-state index contributed by atoms with van der Waals surface area (Å²) >= 11 is 0. The van der Waals surface area contributed by atoms with E-state index in [9.17, 15) is 10.1 Å². The van der Waals surface area contributed by atoms with Gasteiger partial charge in [-0.15, -0.1) is 0 Å². The van der Waals surface area contributed by atoms with Gasteiger partial charge in [0.05, 0.1) is 12.0 Å². The molecular formula is C14H20N2O4. The first-order valence-electron chi connectivity index (χ1n) is 6.85. The summed E-state index contributed by atoms with van der Waals surface area (Å²) in [7, 11) is 1.43. The van der Waals surface area contributed by atoms with Gasteiger partial charge in [0.25, 0.3) is 0 Å². The SMILES string of the molecule is COc1cc(NC2CCCC2CCO)ccc1[N+](=O)[O-]. The topological polar surface area (TPSA) is 84.6 Å². The fourth-order valence-electron chi connectivity index (χ4n) is 2.87. The normalized spacial score (nSPS) is 21.7. The van der Waals surface area contributed by atoms with Gasteiger partial charge in [0, 0.05) is 30.5 Å². The van der Waals surface area contributed by atoms with Gasteiger partial charge in [-0.3, -0.25) is 10.1 Å². The van der Waals surface area contributed by atoms with Gasteiger partial charge in [-0.25, -0.2) is 0 Å². The second-order valence-corrected chi connectivity index (χ2v) is 5.10. The summed E-state index contributed by atoms with van der Waals surface area (Å²) in [6, 6.07) is 5.13.